The zero-order valence-electron chi connectivity index (χ0n) is 15.9. The maximum atomic E-state index is 12.6. The summed E-state index contributed by atoms with van der Waals surface area (Å²) in [6, 6.07) is 13.6. The van der Waals surface area contributed by atoms with Crippen LogP contribution >= 0.6 is 0 Å². The summed E-state index contributed by atoms with van der Waals surface area (Å²) in [7, 11) is 0. The summed E-state index contributed by atoms with van der Waals surface area (Å²) in [5, 5.41) is 14.9. The van der Waals surface area contributed by atoms with Crippen LogP contribution in [0.15, 0.2) is 53.1 Å². The van der Waals surface area contributed by atoms with Gasteiger partial charge in [-0.1, -0.05) is 28.9 Å². The number of benzene rings is 2. The minimum atomic E-state index is -0.477. The highest BCUT2D eigenvalue weighted by atomic mass is 16.6. The van der Waals surface area contributed by atoms with Gasteiger partial charge in [-0.25, -0.2) is 0 Å². The van der Waals surface area contributed by atoms with Gasteiger partial charge < -0.3 is 9.42 Å². The number of carbonyl (C=O) groups is 1. The van der Waals surface area contributed by atoms with Crippen molar-refractivity contribution in [2.45, 2.75) is 25.7 Å². The number of nitrogens with zero attached hydrogens (tertiary/aromatic N) is 4. The molecule has 3 aromatic rings. The standard InChI is InChI=1S/C21H20N4O4/c1-14-3-2-4-17(13-14)19-22-20(29-23-19)15-9-11-24(12-10-15)21(26)16-5-7-18(8-6-16)25(27)28/h2-8,13,15H,9-12H2,1H3. The summed E-state index contributed by atoms with van der Waals surface area (Å²) in [4.78, 5) is 29.2. The Hall–Kier alpha value is -3.55. The monoisotopic (exact) mass is 392 g/mol. The largest absolute Gasteiger partial charge is 0.339 e. The highest BCUT2D eigenvalue weighted by molar-refractivity contribution is 5.94. The molecule has 1 aliphatic heterocycles. The first kappa shape index (κ1) is 18.8. The maximum absolute atomic E-state index is 12.6. The molecule has 0 radical (unpaired) electrons. The van der Waals surface area contributed by atoms with Gasteiger partial charge in [0.1, 0.15) is 0 Å². The second-order valence-corrected chi connectivity index (χ2v) is 7.20. The summed E-state index contributed by atoms with van der Waals surface area (Å²) < 4.78 is 5.49. The molecule has 0 bridgehead atoms. The van der Waals surface area contributed by atoms with Gasteiger partial charge in [0.2, 0.25) is 11.7 Å². The Morgan fingerprint density at radius 3 is 2.55 bits per heavy atom. The highest BCUT2D eigenvalue weighted by Gasteiger charge is 2.28. The second kappa shape index (κ2) is 7.83. The van der Waals surface area contributed by atoms with Gasteiger partial charge in [-0.3, -0.25) is 14.9 Å². The number of likely N-dealkylation sites (tertiary alicyclic amines) is 1. The van der Waals surface area contributed by atoms with Crippen molar-refractivity contribution in [3.05, 3.63) is 75.7 Å². The van der Waals surface area contributed by atoms with Crippen LogP contribution in [0.4, 0.5) is 5.69 Å². The third-order valence-electron chi connectivity index (χ3n) is 5.17. The summed E-state index contributed by atoms with van der Waals surface area (Å²) in [6.07, 6.45) is 1.46. The van der Waals surface area contributed by atoms with Crippen LogP contribution in [0.1, 0.15) is 40.6 Å². The first-order chi connectivity index (χ1) is 14.0. The summed E-state index contributed by atoms with van der Waals surface area (Å²) in [5.41, 5.74) is 2.48. The number of aryl methyl sites for hydroxylation is 1. The van der Waals surface area contributed by atoms with Gasteiger partial charge in [0.05, 0.1) is 4.92 Å². The lowest BCUT2D eigenvalue weighted by atomic mass is 9.96. The van der Waals surface area contributed by atoms with E-state index in [1.54, 1.807) is 4.90 Å². The predicted octanol–water partition coefficient (Wildman–Crippen LogP) is 3.97. The average molecular weight is 392 g/mol. The smallest absolute Gasteiger partial charge is 0.269 e. The first-order valence-electron chi connectivity index (χ1n) is 9.45. The molecule has 8 nitrogen and oxygen atoms in total. The third kappa shape index (κ3) is 4.01. The van der Waals surface area contributed by atoms with E-state index in [0.717, 1.165) is 24.0 Å². The van der Waals surface area contributed by atoms with Crippen molar-refractivity contribution in [3.8, 4) is 11.4 Å². The van der Waals surface area contributed by atoms with E-state index in [0.29, 0.717) is 30.4 Å². The van der Waals surface area contributed by atoms with E-state index in [-0.39, 0.29) is 17.5 Å². The molecule has 0 atom stereocenters. The number of rotatable bonds is 4. The quantitative estimate of drug-likeness (QED) is 0.492. The number of nitro benzene ring substituents is 1. The molecule has 2 aromatic carbocycles. The van der Waals surface area contributed by atoms with Gasteiger partial charge >= 0.3 is 0 Å². The fourth-order valence-electron chi connectivity index (χ4n) is 3.54. The van der Waals surface area contributed by atoms with E-state index in [9.17, 15) is 14.9 Å². The van der Waals surface area contributed by atoms with Gasteiger partial charge in [-0.2, -0.15) is 4.98 Å². The number of piperidine rings is 1. The van der Waals surface area contributed by atoms with Crippen molar-refractivity contribution in [2.75, 3.05) is 13.1 Å². The molecule has 0 spiro atoms. The summed E-state index contributed by atoms with van der Waals surface area (Å²) >= 11 is 0. The molecule has 2 heterocycles. The Labute approximate surface area is 167 Å². The van der Waals surface area contributed by atoms with Crippen molar-refractivity contribution >= 4 is 11.6 Å². The van der Waals surface area contributed by atoms with Gasteiger partial charge in [0.15, 0.2) is 0 Å². The lowest BCUT2D eigenvalue weighted by Gasteiger charge is -2.30. The molecular formula is C21H20N4O4. The van der Waals surface area contributed by atoms with Gasteiger partial charge in [-0.15, -0.1) is 0 Å². The number of nitro groups is 1. The Morgan fingerprint density at radius 2 is 1.90 bits per heavy atom. The lowest BCUT2D eigenvalue weighted by Crippen LogP contribution is -2.38. The molecule has 4 rings (SSSR count). The van der Waals surface area contributed by atoms with E-state index in [4.69, 9.17) is 4.52 Å². The molecule has 8 heteroatoms. The van der Waals surface area contributed by atoms with Crippen LogP contribution in [-0.2, 0) is 0 Å². The minimum Gasteiger partial charge on any atom is -0.339 e. The Morgan fingerprint density at radius 1 is 1.17 bits per heavy atom. The number of non-ortho nitro benzene ring substituents is 1. The van der Waals surface area contributed by atoms with Crippen molar-refractivity contribution in [1.82, 2.24) is 15.0 Å². The summed E-state index contributed by atoms with van der Waals surface area (Å²) in [6.45, 7) is 3.16. The zero-order valence-corrected chi connectivity index (χ0v) is 15.9. The molecule has 0 saturated carbocycles. The van der Waals surface area contributed by atoms with Crippen LogP contribution < -0.4 is 0 Å². The van der Waals surface area contributed by atoms with E-state index in [1.807, 2.05) is 31.2 Å². The van der Waals surface area contributed by atoms with E-state index in [1.165, 1.54) is 24.3 Å². The normalized spacial score (nSPS) is 14.7. The van der Waals surface area contributed by atoms with E-state index in [2.05, 4.69) is 10.1 Å². The molecule has 1 aromatic heterocycles. The Kier molecular flexibility index (Phi) is 5.07. The minimum absolute atomic E-state index is 0.0268. The first-order valence-corrected chi connectivity index (χ1v) is 9.45. The predicted molar refractivity (Wildman–Crippen MR) is 105 cm³/mol. The van der Waals surface area contributed by atoms with E-state index < -0.39 is 4.92 Å². The molecule has 148 valence electrons. The molecule has 0 aliphatic carbocycles. The molecule has 29 heavy (non-hydrogen) atoms. The molecule has 1 fully saturated rings. The van der Waals surface area contributed by atoms with E-state index >= 15 is 0 Å². The number of carbonyl (C=O) groups excluding carboxylic acids is 1. The van der Waals surface area contributed by atoms with Crippen LogP contribution in [0.3, 0.4) is 0 Å². The Balaban J connectivity index is 1.39. The average Bonchev–Trinajstić information content (AvgIpc) is 3.24. The van der Waals surface area contributed by atoms with Crippen LogP contribution in [0.2, 0.25) is 0 Å². The van der Waals surface area contributed by atoms with Crippen LogP contribution in [0.5, 0.6) is 0 Å². The molecular weight excluding hydrogens is 372 g/mol. The fourth-order valence-corrected chi connectivity index (χ4v) is 3.54. The number of aromatic nitrogens is 2. The van der Waals surface area contributed by atoms with Crippen molar-refractivity contribution in [3.63, 3.8) is 0 Å². The van der Waals surface area contributed by atoms with Crippen molar-refractivity contribution < 1.29 is 14.2 Å². The molecule has 0 unspecified atom stereocenters. The molecule has 1 amide bonds. The maximum Gasteiger partial charge on any atom is 0.269 e. The molecule has 1 saturated heterocycles. The number of amides is 1. The number of hydrogen-bond acceptors (Lipinski definition) is 6. The van der Waals surface area contributed by atoms with Crippen molar-refractivity contribution in [2.24, 2.45) is 0 Å². The third-order valence-corrected chi connectivity index (χ3v) is 5.17. The number of hydrogen-bond donors (Lipinski definition) is 0. The van der Waals surface area contributed by atoms with Crippen LogP contribution in [0, 0.1) is 17.0 Å². The van der Waals surface area contributed by atoms with Crippen LogP contribution in [-0.4, -0.2) is 39.0 Å². The lowest BCUT2D eigenvalue weighted by molar-refractivity contribution is -0.384. The Bertz CT molecular complexity index is 1040. The molecule has 0 N–H and O–H groups in total. The highest BCUT2D eigenvalue weighted by Crippen LogP contribution is 2.29. The van der Waals surface area contributed by atoms with Crippen LogP contribution in [0.25, 0.3) is 11.4 Å². The topological polar surface area (TPSA) is 102 Å². The SMILES string of the molecule is Cc1cccc(-c2noc(C3CCN(C(=O)c4ccc([N+](=O)[O-])cc4)CC3)n2)c1. The molecule has 1 aliphatic rings. The fraction of sp³-hybridized carbons (Fsp3) is 0.286. The van der Waals surface area contributed by atoms with Gasteiger partial charge in [0, 0.05) is 42.3 Å². The summed E-state index contributed by atoms with van der Waals surface area (Å²) in [5.74, 6) is 1.17. The zero-order chi connectivity index (χ0) is 20.4. The van der Waals surface area contributed by atoms with Gasteiger partial charge in [0.25, 0.3) is 11.6 Å². The van der Waals surface area contributed by atoms with Crippen molar-refractivity contribution in [1.29, 1.82) is 0 Å². The second-order valence-electron chi connectivity index (χ2n) is 7.20. The van der Waals surface area contributed by atoms with Gasteiger partial charge in [-0.05, 0) is 38.0 Å².